The van der Waals surface area contributed by atoms with E-state index in [9.17, 15) is 0 Å². The molecule has 22 heavy (non-hydrogen) atoms. The van der Waals surface area contributed by atoms with E-state index in [-0.39, 0.29) is 0 Å². The quantitative estimate of drug-likeness (QED) is 0.317. The van der Waals surface area contributed by atoms with Crippen LogP contribution in [0.3, 0.4) is 0 Å². The van der Waals surface area contributed by atoms with Crippen molar-refractivity contribution in [1.82, 2.24) is 0 Å². The molecule has 0 bridgehead atoms. The fourth-order valence-electron chi connectivity index (χ4n) is 2.16. The molecule has 0 atom stereocenters. The number of nitrogen functional groups attached to an aromatic ring is 6. The molecule has 114 valence electrons. The van der Waals surface area contributed by atoms with E-state index in [1.54, 1.807) is 19.1 Å². The number of benzene rings is 2. The van der Waals surface area contributed by atoms with Gasteiger partial charge in [-0.2, -0.15) is 0 Å². The molecule has 0 aliphatic carbocycles. The summed E-state index contributed by atoms with van der Waals surface area (Å²) in [5.74, 6) is 5.97. The number of rotatable bonds is 0. The molecule has 12 N–H and O–H groups in total. The van der Waals surface area contributed by atoms with Crippen LogP contribution in [0.5, 0.6) is 0 Å². The summed E-state index contributed by atoms with van der Waals surface area (Å²) in [4.78, 5) is 0. The second kappa shape index (κ2) is 5.30. The van der Waals surface area contributed by atoms with Crippen molar-refractivity contribution in [2.24, 2.45) is 0 Å². The standard InChI is InChI=1S/C16H20N6/c1-7-10(11(17)6-13(19)15(7)21)4-3-9-5-12(18)16(22)8(2)14(9)20/h5-6H,17-22H2,1-2H3. The van der Waals surface area contributed by atoms with Gasteiger partial charge in [0.2, 0.25) is 0 Å². The lowest BCUT2D eigenvalue weighted by atomic mass is 10.0. The topological polar surface area (TPSA) is 156 Å². The fraction of sp³-hybridized carbons (Fsp3) is 0.125. The van der Waals surface area contributed by atoms with Crippen LogP contribution in [0.25, 0.3) is 0 Å². The minimum Gasteiger partial charge on any atom is -0.398 e. The first kappa shape index (κ1) is 15.2. The maximum Gasteiger partial charge on any atom is 0.0599 e. The number of hydrogen-bond donors (Lipinski definition) is 6. The lowest BCUT2D eigenvalue weighted by Gasteiger charge is -2.11. The van der Waals surface area contributed by atoms with Crippen molar-refractivity contribution >= 4 is 34.1 Å². The maximum atomic E-state index is 6.03. The highest BCUT2D eigenvalue weighted by molar-refractivity contribution is 5.81. The highest BCUT2D eigenvalue weighted by Crippen LogP contribution is 2.30. The van der Waals surface area contributed by atoms with Gasteiger partial charge in [-0.3, -0.25) is 0 Å². The van der Waals surface area contributed by atoms with Crippen LogP contribution in [-0.2, 0) is 0 Å². The van der Waals surface area contributed by atoms with Gasteiger partial charge in [0.25, 0.3) is 0 Å². The zero-order valence-electron chi connectivity index (χ0n) is 12.6. The highest BCUT2D eigenvalue weighted by atomic mass is 14.7. The van der Waals surface area contributed by atoms with E-state index in [1.165, 1.54) is 0 Å². The lowest BCUT2D eigenvalue weighted by Crippen LogP contribution is -2.04. The molecule has 2 aromatic rings. The summed E-state index contributed by atoms with van der Waals surface area (Å²) in [5.41, 5.74) is 40.8. The smallest absolute Gasteiger partial charge is 0.0599 e. The summed E-state index contributed by atoms with van der Waals surface area (Å²) >= 11 is 0. The van der Waals surface area contributed by atoms with Gasteiger partial charge in [-0.1, -0.05) is 11.8 Å². The molecule has 0 aliphatic rings. The molecule has 0 saturated heterocycles. The van der Waals surface area contributed by atoms with Crippen LogP contribution in [0.4, 0.5) is 34.1 Å². The third-order valence-corrected chi connectivity index (χ3v) is 3.72. The second-order valence-electron chi connectivity index (χ2n) is 5.18. The Labute approximate surface area is 129 Å². The van der Waals surface area contributed by atoms with Crippen molar-refractivity contribution in [3.63, 3.8) is 0 Å². The SMILES string of the molecule is Cc1c(N)c(N)cc(C#Cc2c(N)cc(N)c(N)c2C)c1N. The average Bonchev–Trinajstić information content (AvgIpc) is 2.47. The first-order valence-corrected chi connectivity index (χ1v) is 6.64. The van der Waals surface area contributed by atoms with Crippen molar-refractivity contribution in [2.45, 2.75) is 13.8 Å². The van der Waals surface area contributed by atoms with Crippen LogP contribution >= 0.6 is 0 Å². The molecule has 0 saturated carbocycles. The van der Waals surface area contributed by atoms with Crippen molar-refractivity contribution in [2.75, 3.05) is 34.4 Å². The number of hydrogen-bond acceptors (Lipinski definition) is 6. The Morgan fingerprint density at radius 2 is 1.18 bits per heavy atom. The summed E-state index contributed by atoms with van der Waals surface area (Å²) in [7, 11) is 0. The summed E-state index contributed by atoms with van der Waals surface area (Å²) in [6.45, 7) is 3.62. The molecule has 2 rings (SSSR count). The van der Waals surface area contributed by atoms with Gasteiger partial charge in [0, 0.05) is 5.69 Å². The van der Waals surface area contributed by atoms with Crippen molar-refractivity contribution in [3.8, 4) is 11.8 Å². The average molecular weight is 296 g/mol. The lowest BCUT2D eigenvalue weighted by molar-refractivity contribution is 1.43. The Kier molecular flexibility index (Phi) is 3.66. The molecule has 0 aromatic heterocycles. The van der Waals surface area contributed by atoms with Crippen LogP contribution in [0.1, 0.15) is 22.3 Å². The first-order chi connectivity index (χ1) is 10.2. The van der Waals surface area contributed by atoms with Crippen molar-refractivity contribution in [3.05, 3.63) is 34.4 Å². The van der Waals surface area contributed by atoms with Crippen molar-refractivity contribution < 1.29 is 0 Å². The zero-order valence-corrected chi connectivity index (χ0v) is 12.6. The van der Waals surface area contributed by atoms with Crippen LogP contribution in [-0.4, -0.2) is 0 Å². The van der Waals surface area contributed by atoms with Gasteiger partial charge < -0.3 is 34.4 Å². The summed E-state index contributed by atoms with van der Waals surface area (Å²) in [6.07, 6.45) is 0. The third-order valence-electron chi connectivity index (χ3n) is 3.72. The molecule has 0 unspecified atom stereocenters. The monoisotopic (exact) mass is 296 g/mol. The van der Waals surface area contributed by atoms with E-state index in [0.717, 1.165) is 5.56 Å². The minimum absolute atomic E-state index is 0.438. The van der Waals surface area contributed by atoms with Crippen LogP contribution in [0, 0.1) is 25.7 Å². The maximum absolute atomic E-state index is 6.03. The third kappa shape index (κ3) is 2.40. The van der Waals surface area contributed by atoms with Crippen LogP contribution in [0.2, 0.25) is 0 Å². The minimum atomic E-state index is 0.438. The fourth-order valence-corrected chi connectivity index (χ4v) is 2.16. The van der Waals surface area contributed by atoms with Gasteiger partial charge in [0.15, 0.2) is 0 Å². The van der Waals surface area contributed by atoms with E-state index in [1.807, 2.05) is 6.92 Å². The molecule has 0 aliphatic heterocycles. The van der Waals surface area contributed by atoms with Crippen LogP contribution < -0.4 is 34.4 Å². The molecule has 0 heterocycles. The number of nitrogens with two attached hydrogens (primary N) is 6. The van der Waals surface area contributed by atoms with Gasteiger partial charge in [0.05, 0.1) is 39.6 Å². The summed E-state index contributed by atoms with van der Waals surface area (Å²) in [6, 6.07) is 3.25. The largest absolute Gasteiger partial charge is 0.398 e. The molecule has 0 amide bonds. The first-order valence-electron chi connectivity index (χ1n) is 6.64. The Bertz CT molecular complexity index is 827. The Morgan fingerprint density at radius 3 is 1.82 bits per heavy atom. The van der Waals surface area contributed by atoms with Crippen molar-refractivity contribution in [1.29, 1.82) is 0 Å². The summed E-state index contributed by atoms with van der Waals surface area (Å²) in [5, 5.41) is 0. The Hall–Kier alpha value is -3.20. The summed E-state index contributed by atoms with van der Waals surface area (Å²) < 4.78 is 0. The molecule has 6 heteroatoms. The molecule has 2 aromatic carbocycles. The molecule has 0 fully saturated rings. The Balaban J connectivity index is 2.60. The van der Waals surface area contributed by atoms with E-state index in [4.69, 9.17) is 34.4 Å². The molecule has 6 nitrogen and oxygen atoms in total. The van der Waals surface area contributed by atoms with E-state index in [0.29, 0.717) is 50.8 Å². The predicted octanol–water partition coefficient (Wildman–Crippen LogP) is 1.20. The van der Waals surface area contributed by atoms with Gasteiger partial charge in [-0.15, -0.1) is 0 Å². The van der Waals surface area contributed by atoms with Crippen LogP contribution in [0.15, 0.2) is 12.1 Å². The predicted molar refractivity (Wildman–Crippen MR) is 94.8 cm³/mol. The highest BCUT2D eigenvalue weighted by Gasteiger charge is 2.10. The zero-order chi connectivity index (χ0) is 16.6. The molecule has 0 spiro atoms. The van der Waals surface area contributed by atoms with E-state index < -0.39 is 0 Å². The van der Waals surface area contributed by atoms with Gasteiger partial charge in [-0.25, -0.2) is 0 Å². The molecule has 0 radical (unpaired) electrons. The van der Waals surface area contributed by atoms with Gasteiger partial charge in [-0.05, 0) is 37.1 Å². The molecular weight excluding hydrogens is 276 g/mol. The van der Waals surface area contributed by atoms with E-state index in [2.05, 4.69) is 11.8 Å². The normalized spacial score (nSPS) is 10.1. The van der Waals surface area contributed by atoms with Gasteiger partial charge in [0.1, 0.15) is 0 Å². The van der Waals surface area contributed by atoms with E-state index >= 15 is 0 Å². The Morgan fingerprint density at radius 1 is 0.636 bits per heavy atom. The second-order valence-corrected chi connectivity index (χ2v) is 5.18. The number of anilines is 6. The van der Waals surface area contributed by atoms with Gasteiger partial charge >= 0.3 is 0 Å². The molecular formula is C16H20N6.